The van der Waals surface area contributed by atoms with Crippen molar-refractivity contribution in [2.24, 2.45) is 0 Å². The molecule has 5 rings (SSSR count). The SMILES string of the molecule is COc1ccc(C2c3c(oc4ccc(Cl)cc4c3=O)C(=O)N2Cc2ccccc2)cc1. The molecule has 1 amide bonds. The van der Waals surface area contributed by atoms with Crippen molar-refractivity contribution in [3.63, 3.8) is 0 Å². The van der Waals surface area contributed by atoms with Gasteiger partial charge >= 0.3 is 0 Å². The minimum Gasteiger partial charge on any atom is -0.497 e. The first-order valence-electron chi connectivity index (χ1n) is 9.82. The predicted molar refractivity (Wildman–Crippen MR) is 119 cm³/mol. The lowest BCUT2D eigenvalue weighted by molar-refractivity contribution is 0.0714. The van der Waals surface area contributed by atoms with E-state index in [0.29, 0.717) is 33.8 Å². The molecule has 2 heterocycles. The summed E-state index contributed by atoms with van der Waals surface area (Å²) in [6.07, 6.45) is 0. The van der Waals surface area contributed by atoms with Gasteiger partial charge in [0.25, 0.3) is 5.91 Å². The van der Waals surface area contributed by atoms with Crippen molar-refractivity contribution in [1.82, 2.24) is 4.90 Å². The number of methoxy groups -OCH3 is 1. The molecule has 0 N–H and O–H groups in total. The van der Waals surface area contributed by atoms with Gasteiger partial charge in [0.15, 0.2) is 5.43 Å². The van der Waals surface area contributed by atoms with Crippen LogP contribution in [0.25, 0.3) is 11.0 Å². The summed E-state index contributed by atoms with van der Waals surface area (Å²) in [6, 6.07) is 21.3. The van der Waals surface area contributed by atoms with Gasteiger partial charge in [0, 0.05) is 11.6 Å². The zero-order chi connectivity index (χ0) is 21.5. The van der Waals surface area contributed by atoms with Crippen LogP contribution in [-0.4, -0.2) is 17.9 Å². The summed E-state index contributed by atoms with van der Waals surface area (Å²) < 4.78 is 11.2. The van der Waals surface area contributed by atoms with E-state index in [1.165, 1.54) is 0 Å². The molecule has 1 aliphatic heterocycles. The molecule has 6 heteroatoms. The molecule has 0 aliphatic carbocycles. The summed E-state index contributed by atoms with van der Waals surface area (Å²) in [5, 5.41) is 0.797. The Bertz CT molecular complexity index is 1350. The van der Waals surface area contributed by atoms with Crippen LogP contribution in [0.4, 0.5) is 0 Å². The number of hydrogen-bond donors (Lipinski definition) is 0. The van der Waals surface area contributed by atoms with Crippen LogP contribution in [0.1, 0.15) is 33.3 Å². The van der Waals surface area contributed by atoms with Gasteiger partial charge in [0.2, 0.25) is 5.76 Å². The van der Waals surface area contributed by atoms with Gasteiger partial charge in [0.05, 0.1) is 24.1 Å². The van der Waals surface area contributed by atoms with Gasteiger partial charge in [-0.1, -0.05) is 54.1 Å². The number of ether oxygens (including phenoxy) is 1. The van der Waals surface area contributed by atoms with Crippen molar-refractivity contribution >= 4 is 28.5 Å². The van der Waals surface area contributed by atoms with Crippen molar-refractivity contribution < 1.29 is 13.9 Å². The Morgan fingerprint density at radius 1 is 1.00 bits per heavy atom. The Hall–Kier alpha value is -3.57. The van der Waals surface area contributed by atoms with E-state index in [-0.39, 0.29) is 17.1 Å². The zero-order valence-corrected chi connectivity index (χ0v) is 17.4. The highest BCUT2D eigenvalue weighted by Gasteiger charge is 2.42. The fraction of sp³-hybridized carbons (Fsp3) is 0.120. The molecular weight excluding hydrogens is 414 g/mol. The second kappa shape index (κ2) is 7.60. The molecule has 1 atom stereocenters. The predicted octanol–water partition coefficient (Wildman–Crippen LogP) is 5.20. The van der Waals surface area contributed by atoms with Crippen molar-refractivity contribution in [2.75, 3.05) is 7.11 Å². The lowest BCUT2D eigenvalue weighted by Crippen LogP contribution is -2.29. The fourth-order valence-electron chi connectivity index (χ4n) is 4.07. The maximum absolute atomic E-state index is 13.5. The average molecular weight is 432 g/mol. The van der Waals surface area contributed by atoms with E-state index in [1.807, 2.05) is 54.6 Å². The van der Waals surface area contributed by atoms with E-state index >= 15 is 0 Å². The number of carbonyl (C=O) groups excluding carboxylic acids is 1. The minimum absolute atomic E-state index is 0.0802. The molecule has 0 saturated carbocycles. The molecule has 0 saturated heterocycles. The van der Waals surface area contributed by atoms with Gasteiger partial charge in [-0.25, -0.2) is 0 Å². The molecule has 1 aliphatic rings. The lowest BCUT2D eigenvalue weighted by Gasteiger charge is -2.25. The van der Waals surface area contributed by atoms with Gasteiger partial charge in [-0.15, -0.1) is 0 Å². The zero-order valence-electron chi connectivity index (χ0n) is 16.7. The molecule has 1 aromatic heterocycles. The first kappa shape index (κ1) is 19.4. The summed E-state index contributed by atoms with van der Waals surface area (Å²) >= 11 is 6.12. The Kier molecular flexibility index (Phi) is 4.75. The molecule has 0 radical (unpaired) electrons. The van der Waals surface area contributed by atoms with Crippen molar-refractivity contribution in [1.29, 1.82) is 0 Å². The standard InChI is InChI=1S/C25H18ClNO4/c1-30-18-10-7-16(8-11-18)22-21-23(28)19-13-17(26)9-12-20(19)31-24(21)25(29)27(22)14-15-5-3-2-4-6-15/h2-13,22H,14H2,1H3. The van der Waals surface area contributed by atoms with E-state index in [0.717, 1.165) is 11.1 Å². The Balaban J connectivity index is 1.72. The van der Waals surface area contributed by atoms with Crippen LogP contribution in [0.2, 0.25) is 5.02 Å². The summed E-state index contributed by atoms with van der Waals surface area (Å²) in [4.78, 5) is 28.6. The van der Waals surface area contributed by atoms with Crippen LogP contribution < -0.4 is 10.2 Å². The summed E-state index contributed by atoms with van der Waals surface area (Å²) in [7, 11) is 1.59. The van der Waals surface area contributed by atoms with Gasteiger partial charge < -0.3 is 14.1 Å². The lowest BCUT2D eigenvalue weighted by atomic mass is 9.98. The van der Waals surface area contributed by atoms with Crippen LogP contribution in [0, 0.1) is 0 Å². The second-order valence-electron chi connectivity index (χ2n) is 7.41. The van der Waals surface area contributed by atoms with Crippen LogP contribution in [0.5, 0.6) is 5.75 Å². The number of benzene rings is 3. The molecule has 154 valence electrons. The van der Waals surface area contributed by atoms with Crippen LogP contribution >= 0.6 is 11.6 Å². The van der Waals surface area contributed by atoms with Crippen LogP contribution in [0.15, 0.2) is 82.0 Å². The number of amides is 1. The van der Waals surface area contributed by atoms with Crippen molar-refractivity contribution in [2.45, 2.75) is 12.6 Å². The minimum atomic E-state index is -0.576. The molecule has 0 fully saturated rings. The van der Waals surface area contributed by atoms with Gasteiger partial charge in [0.1, 0.15) is 11.3 Å². The maximum atomic E-state index is 13.5. The number of carbonyl (C=O) groups is 1. The molecule has 0 bridgehead atoms. The number of fused-ring (bicyclic) bond motifs is 2. The Labute approximate surface area is 183 Å². The van der Waals surface area contributed by atoms with E-state index in [4.69, 9.17) is 20.8 Å². The topological polar surface area (TPSA) is 59.8 Å². The first-order chi connectivity index (χ1) is 15.1. The normalized spacial score (nSPS) is 15.4. The Morgan fingerprint density at radius 3 is 2.45 bits per heavy atom. The monoisotopic (exact) mass is 431 g/mol. The van der Waals surface area contributed by atoms with E-state index in [1.54, 1.807) is 30.2 Å². The van der Waals surface area contributed by atoms with Gasteiger partial charge in [-0.05, 0) is 41.5 Å². The number of hydrogen-bond acceptors (Lipinski definition) is 4. The smallest absolute Gasteiger partial charge is 0.291 e. The average Bonchev–Trinajstić information content (AvgIpc) is 3.07. The number of rotatable bonds is 4. The third-order valence-corrected chi connectivity index (χ3v) is 5.79. The molecule has 3 aromatic carbocycles. The quantitative estimate of drug-likeness (QED) is 0.445. The van der Waals surface area contributed by atoms with Crippen LogP contribution in [-0.2, 0) is 6.54 Å². The number of halogens is 1. The third-order valence-electron chi connectivity index (χ3n) is 5.56. The van der Waals surface area contributed by atoms with Crippen LogP contribution in [0.3, 0.4) is 0 Å². The van der Waals surface area contributed by atoms with E-state index in [2.05, 4.69) is 0 Å². The number of nitrogens with zero attached hydrogens (tertiary/aromatic N) is 1. The molecule has 4 aromatic rings. The third kappa shape index (κ3) is 3.27. The fourth-order valence-corrected chi connectivity index (χ4v) is 4.24. The summed E-state index contributed by atoms with van der Waals surface area (Å²) in [5.74, 6) is 0.463. The Morgan fingerprint density at radius 2 is 1.74 bits per heavy atom. The molecule has 5 nitrogen and oxygen atoms in total. The summed E-state index contributed by atoms with van der Waals surface area (Å²) in [6.45, 7) is 0.344. The highest BCUT2D eigenvalue weighted by atomic mass is 35.5. The second-order valence-corrected chi connectivity index (χ2v) is 7.85. The van der Waals surface area contributed by atoms with E-state index in [9.17, 15) is 9.59 Å². The molecule has 31 heavy (non-hydrogen) atoms. The van der Waals surface area contributed by atoms with Gasteiger partial charge in [-0.2, -0.15) is 0 Å². The van der Waals surface area contributed by atoms with Crippen molar-refractivity contribution in [3.05, 3.63) is 110 Å². The van der Waals surface area contributed by atoms with Crippen molar-refractivity contribution in [3.8, 4) is 5.75 Å². The molecule has 1 unspecified atom stereocenters. The van der Waals surface area contributed by atoms with E-state index < -0.39 is 6.04 Å². The summed E-state index contributed by atoms with van der Waals surface area (Å²) in [5.41, 5.74) is 2.20. The maximum Gasteiger partial charge on any atom is 0.291 e. The molecular formula is C25H18ClNO4. The molecule has 0 spiro atoms. The first-order valence-corrected chi connectivity index (χ1v) is 10.2. The highest BCUT2D eigenvalue weighted by molar-refractivity contribution is 6.31. The largest absolute Gasteiger partial charge is 0.497 e. The highest BCUT2D eigenvalue weighted by Crippen LogP contribution is 2.39. The van der Waals surface area contributed by atoms with Gasteiger partial charge in [-0.3, -0.25) is 9.59 Å².